The van der Waals surface area contributed by atoms with Crippen molar-refractivity contribution in [1.29, 1.82) is 0 Å². The smallest absolute Gasteiger partial charge is 0.156 e. The summed E-state index contributed by atoms with van der Waals surface area (Å²) in [5.74, 6) is 1.28. The lowest BCUT2D eigenvalue weighted by Gasteiger charge is -2.03. The van der Waals surface area contributed by atoms with Gasteiger partial charge in [-0.05, 0) is 18.1 Å². The third-order valence-corrected chi connectivity index (χ3v) is 3.06. The summed E-state index contributed by atoms with van der Waals surface area (Å²) in [7, 11) is 0. The van der Waals surface area contributed by atoms with Gasteiger partial charge in [0.15, 0.2) is 5.82 Å². The molecule has 2 aromatic heterocycles. The predicted octanol–water partition coefficient (Wildman–Crippen LogP) is 2.05. The fourth-order valence-corrected chi connectivity index (χ4v) is 2.09. The molecule has 2 heterocycles. The zero-order valence-corrected chi connectivity index (χ0v) is 9.74. The molecule has 0 fully saturated rings. The van der Waals surface area contributed by atoms with E-state index in [0.717, 1.165) is 21.9 Å². The SMILES string of the molecule is Cc1cncc(CSc2nccnc2N)c1. The third-order valence-electron chi connectivity index (χ3n) is 2.00. The van der Waals surface area contributed by atoms with Crippen LogP contribution in [0.3, 0.4) is 0 Å². The molecular formula is C11H12N4S. The van der Waals surface area contributed by atoms with Crippen molar-refractivity contribution >= 4 is 17.6 Å². The molecule has 0 radical (unpaired) electrons. The van der Waals surface area contributed by atoms with E-state index in [1.165, 1.54) is 0 Å². The minimum atomic E-state index is 0.480. The number of aromatic nitrogens is 3. The zero-order chi connectivity index (χ0) is 11.4. The van der Waals surface area contributed by atoms with E-state index in [-0.39, 0.29) is 0 Å². The van der Waals surface area contributed by atoms with Crippen molar-refractivity contribution in [3.05, 3.63) is 42.0 Å². The number of pyridine rings is 1. The van der Waals surface area contributed by atoms with Crippen LogP contribution in [0.5, 0.6) is 0 Å². The third kappa shape index (κ3) is 2.70. The summed E-state index contributed by atoms with van der Waals surface area (Å²) in [5.41, 5.74) is 8.02. The molecule has 82 valence electrons. The molecule has 16 heavy (non-hydrogen) atoms. The van der Waals surface area contributed by atoms with Gasteiger partial charge in [-0.25, -0.2) is 9.97 Å². The highest BCUT2D eigenvalue weighted by Gasteiger charge is 2.02. The van der Waals surface area contributed by atoms with Crippen LogP contribution < -0.4 is 5.73 Å². The molecule has 0 atom stereocenters. The van der Waals surface area contributed by atoms with E-state index in [0.29, 0.717) is 5.82 Å². The number of nitrogens with two attached hydrogens (primary N) is 1. The lowest BCUT2D eigenvalue weighted by molar-refractivity contribution is 1.07. The van der Waals surface area contributed by atoms with Gasteiger partial charge >= 0.3 is 0 Å². The second-order valence-corrected chi connectivity index (χ2v) is 4.37. The van der Waals surface area contributed by atoms with Crippen LogP contribution in [-0.2, 0) is 5.75 Å². The summed E-state index contributed by atoms with van der Waals surface area (Å²) in [6.07, 6.45) is 6.93. The number of thioether (sulfide) groups is 1. The molecule has 5 heteroatoms. The molecule has 0 aliphatic rings. The van der Waals surface area contributed by atoms with Gasteiger partial charge in [0, 0.05) is 30.5 Å². The van der Waals surface area contributed by atoms with Crippen LogP contribution in [0.2, 0.25) is 0 Å². The van der Waals surface area contributed by atoms with Crippen LogP contribution in [0.1, 0.15) is 11.1 Å². The van der Waals surface area contributed by atoms with Gasteiger partial charge in [-0.3, -0.25) is 4.98 Å². The van der Waals surface area contributed by atoms with Gasteiger partial charge < -0.3 is 5.73 Å². The van der Waals surface area contributed by atoms with Crippen molar-refractivity contribution in [2.24, 2.45) is 0 Å². The Bertz CT molecular complexity index is 487. The van der Waals surface area contributed by atoms with Gasteiger partial charge in [-0.1, -0.05) is 17.8 Å². The number of anilines is 1. The average molecular weight is 232 g/mol. The van der Waals surface area contributed by atoms with Gasteiger partial charge in [0.1, 0.15) is 5.03 Å². The Labute approximate surface area is 98.3 Å². The number of nitrogen functional groups attached to an aromatic ring is 1. The summed E-state index contributed by atoms with van der Waals surface area (Å²) in [4.78, 5) is 12.3. The van der Waals surface area contributed by atoms with Crippen molar-refractivity contribution in [2.45, 2.75) is 17.7 Å². The van der Waals surface area contributed by atoms with Crippen LogP contribution in [-0.4, -0.2) is 15.0 Å². The first-order valence-electron chi connectivity index (χ1n) is 4.85. The van der Waals surface area contributed by atoms with Crippen LogP contribution in [0, 0.1) is 6.92 Å². The van der Waals surface area contributed by atoms with Gasteiger partial charge in [0.05, 0.1) is 0 Å². The zero-order valence-electron chi connectivity index (χ0n) is 8.92. The Kier molecular flexibility index (Phi) is 3.36. The Morgan fingerprint density at radius 2 is 2.06 bits per heavy atom. The van der Waals surface area contributed by atoms with Crippen LogP contribution in [0.25, 0.3) is 0 Å². The van der Waals surface area contributed by atoms with E-state index < -0.39 is 0 Å². The predicted molar refractivity (Wildman–Crippen MR) is 65.0 cm³/mol. The fraction of sp³-hybridized carbons (Fsp3) is 0.182. The van der Waals surface area contributed by atoms with Crippen molar-refractivity contribution in [1.82, 2.24) is 15.0 Å². The number of hydrogen-bond donors (Lipinski definition) is 1. The van der Waals surface area contributed by atoms with Gasteiger partial charge in [0.25, 0.3) is 0 Å². The second kappa shape index (κ2) is 4.94. The molecule has 0 aliphatic heterocycles. The maximum atomic E-state index is 5.70. The Morgan fingerprint density at radius 1 is 1.25 bits per heavy atom. The molecule has 0 aliphatic carbocycles. The highest BCUT2D eigenvalue weighted by Crippen LogP contribution is 2.23. The van der Waals surface area contributed by atoms with E-state index in [1.807, 2.05) is 19.3 Å². The molecule has 0 bridgehead atoms. The summed E-state index contributed by atoms with van der Waals surface area (Å²) >= 11 is 1.57. The van der Waals surface area contributed by atoms with E-state index in [2.05, 4.69) is 21.0 Å². The molecule has 0 saturated heterocycles. The molecule has 0 spiro atoms. The number of rotatable bonds is 3. The number of nitrogens with zero attached hydrogens (tertiary/aromatic N) is 3. The molecule has 0 unspecified atom stereocenters. The lowest BCUT2D eigenvalue weighted by atomic mass is 10.2. The lowest BCUT2D eigenvalue weighted by Crippen LogP contribution is -1.95. The van der Waals surface area contributed by atoms with E-state index in [1.54, 1.807) is 24.2 Å². The second-order valence-electron chi connectivity index (χ2n) is 3.41. The topological polar surface area (TPSA) is 64.7 Å². The van der Waals surface area contributed by atoms with Crippen LogP contribution >= 0.6 is 11.8 Å². The molecule has 2 rings (SSSR count). The fourth-order valence-electron chi connectivity index (χ4n) is 1.30. The summed E-state index contributed by atoms with van der Waals surface area (Å²) in [6.45, 7) is 2.03. The summed E-state index contributed by atoms with van der Waals surface area (Å²) in [6, 6.07) is 2.10. The minimum absolute atomic E-state index is 0.480. The van der Waals surface area contributed by atoms with Crippen molar-refractivity contribution < 1.29 is 0 Å². The standard InChI is InChI=1S/C11H12N4S/c1-8-4-9(6-13-5-8)7-16-11-10(12)14-2-3-15-11/h2-6H,7H2,1H3,(H2,12,14). The van der Waals surface area contributed by atoms with Crippen molar-refractivity contribution in [3.8, 4) is 0 Å². The molecule has 2 aromatic rings. The maximum absolute atomic E-state index is 5.70. The van der Waals surface area contributed by atoms with E-state index in [4.69, 9.17) is 5.73 Å². The molecule has 0 saturated carbocycles. The first-order valence-corrected chi connectivity index (χ1v) is 5.84. The van der Waals surface area contributed by atoms with Crippen molar-refractivity contribution in [2.75, 3.05) is 5.73 Å². The first-order chi connectivity index (χ1) is 7.75. The Balaban J connectivity index is 2.05. The largest absolute Gasteiger partial charge is 0.381 e. The first kappa shape index (κ1) is 10.9. The van der Waals surface area contributed by atoms with Crippen molar-refractivity contribution in [3.63, 3.8) is 0 Å². The maximum Gasteiger partial charge on any atom is 0.156 e. The number of hydrogen-bond acceptors (Lipinski definition) is 5. The molecule has 4 nitrogen and oxygen atoms in total. The number of aryl methyl sites for hydroxylation is 1. The Morgan fingerprint density at radius 3 is 2.81 bits per heavy atom. The Hall–Kier alpha value is -1.62. The molecular weight excluding hydrogens is 220 g/mol. The van der Waals surface area contributed by atoms with Gasteiger partial charge in [0.2, 0.25) is 0 Å². The summed E-state index contributed by atoms with van der Waals surface area (Å²) < 4.78 is 0. The highest BCUT2D eigenvalue weighted by molar-refractivity contribution is 7.98. The van der Waals surface area contributed by atoms with E-state index in [9.17, 15) is 0 Å². The normalized spacial score (nSPS) is 10.3. The van der Waals surface area contributed by atoms with Crippen LogP contribution in [0.15, 0.2) is 35.9 Å². The molecule has 0 aromatic carbocycles. The molecule has 0 amide bonds. The minimum Gasteiger partial charge on any atom is -0.381 e. The van der Waals surface area contributed by atoms with Crippen LogP contribution in [0.4, 0.5) is 5.82 Å². The van der Waals surface area contributed by atoms with Gasteiger partial charge in [-0.2, -0.15) is 0 Å². The summed E-state index contributed by atoms with van der Waals surface area (Å²) in [5, 5.41) is 0.768. The van der Waals surface area contributed by atoms with E-state index >= 15 is 0 Å². The van der Waals surface area contributed by atoms with Gasteiger partial charge in [-0.15, -0.1) is 0 Å². The monoisotopic (exact) mass is 232 g/mol. The highest BCUT2D eigenvalue weighted by atomic mass is 32.2. The molecule has 2 N–H and O–H groups in total. The average Bonchev–Trinajstić information content (AvgIpc) is 2.28. The quantitative estimate of drug-likeness (QED) is 0.820.